The normalized spacial score (nSPS) is 16.8. The molecule has 0 spiro atoms. The quantitative estimate of drug-likeness (QED) is 0.796. The van der Waals surface area contributed by atoms with Gasteiger partial charge in [0.2, 0.25) is 0 Å². The van der Waals surface area contributed by atoms with Gasteiger partial charge < -0.3 is 15.8 Å². The molecule has 1 aromatic rings. The molecular formula is C14H23N3O. The third-order valence-electron chi connectivity index (χ3n) is 3.51. The van der Waals surface area contributed by atoms with E-state index in [2.05, 4.69) is 30.1 Å². The molecule has 0 aliphatic carbocycles. The monoisotopic (exact) mass is 249 g/mol. The minimum absolute atomic E-state index is 0.833. The number of benzene rings is 1. The summed E-state index contributed by atoms with van der Waals surface area (Å²) in [5.74, 6) is 0. The van der Waals surface area contributed by atoms with Crippen LogP contribution in [0.4, 0.5) is 11.4 Å². The Morgan fingerprint density at radius 2 is 1.89 bits per heavy atom. The van der Waals surface area contributed by atoms with E-state index >= 15 is 0 Å². The van der Waals surface area contributed by atoms with Gasteiger partial charge in [0.25, 0.3) is 0 Å². The van der Waals surface area contributed by atoms with Gasteiger partial charge in [-0.2, -0.15) is 0 Å². The third kappa shape index (κ3) is 3.37. The number of nitrogen functional groups attached to an aromatic ring is 1. The highest BCUT2D eigenvalue weighted by atomic mass is 16.5. The number of hydrogen-bond acceptors (Lipinski definition) is 4. The molecule has 0 atom stereocenters. The molecule has 2 rings (SSSR count). The van der Waals surface area contributed by atoms with Crippen molar-refractivity contribution in [3.05, 3.63) is 23.3 Å². The summed E-state index contributed by atoms with van der Waals surface area (Å²) in [4.78, 5) is 2.41. The zero-order valence-corrected chi connectivity index (χ0v) is 11.3. The van der Waals surface area contributed by atoms with Crippen molar-refractivity contribution < 1.29 is 4.74 Å². The van der Waals surface area contributed by atoms with E-state index in [9.17, 15) is 0 Å². The van der Waals surface area contributed by atoms with Crippen molar-refractivity contribution in [2.75, 3.05) is 50.4 Å². The molecule has 100 valence electrons. The first-order valence-corrected chi connectivity index (χ1v) is 6.57. The zero-order valence-electron chi connectivity index (χ0n) is 11.3. The molecule has 4 heteroatoms. The van der Waals surface area contributed by atoms with E-state index in [-0.39, 0.29) is 0 Å². The lowest BCUT2D eigenvalue weighted by atomic mass is 10.1. The first-order valence-electron chi connectivity index (χ1n) is 6.57. The van der Waals surface area contributed by atoms with Gasteiger partial charge in [-0.1, -0.05) is 0 Å². The smallest absolute Gasteiger partial charge is 0.0594 e. The lowest BCUT2D eigenvalue weighted by Crippen LogP contribution is -2.39. The summed E-state index contributed by atoms with van der Waals surface area (Å²) in [6.45, 7) is 9.93. The van der Waals surface area contributed by atoms with Gasteiger partial charge in [-0.3, -0.25) is 4.90 Å². The van der Waals surface area contributed by atoms with Crippen LogP contribution in [0.2, 0.25) is 0 Å². The SMILES string of the molecule is Cc1cc(N)c(NCCN2CCOCC2)cc1C. The van der Waals surface area contributed by atoms with Gasteiger partial charge in [-0.25, -0.2) is 0 Å². The van der Waals surface area contributed by atoms with E-state index in [1.165, 1.54) is 11.1 Å². The summed E-state index contributed by atoms with van der Waals surface area (Å²) in [5.41, 5.74) is 10.4. The summed E-state index contributed by atoms with van der Waals surface area (Å²) in [6, 6.07) is 4.16. The number of rotatable bonds is 4. The van der Waals surface area contributed by atoms with Crippen LogP contribution in [0, 0.1) is 13.8 Å². The molecule has 1 saturated heterocycles. The van der Waals surface area contributed by atoms with E-state index in [0.29, 0.717) is 0 Å². The second-order valence-electron chi connectivity index (χ2n) is 4.90. The predicted molar refractivity (Wildman–Crippen MR) is 76.1 cm³/mol. The molecule has 1 aliphatic rings. The number of morpholine rings is 1. The standard InChI is InChI=1S/C14H23N3O/c1-11-9-13(15)14(10-12(11)2)16-3-4-17-5-7-18-8-6-17/h9-10,16H,3-8,15H2,1-2H3. The fourth-order valence-electron chi connectivity index (χ4n) is 2.17. The molecule has 1 heterocycles. The maximum Gasteiger partial charge on any atom is 0.0594 e. The van der Waals surface area contributed by atoms with E-state index in [4.69, 9.17) is 10.5 Å². The molecule has 4 nitrogen and oxygen atoms in total. The highest BCUT2D eigenvalue weighted by Gasteiger charge is 2.09. The molecule has 3 N–H and O–H groups in total. The Bertz CT molecular complexity index is 400. The van der Waals surface area contributed by atoms with Crippen LogP contribution in [0.1, 0.15) is 11.1 Å². The number of nitrogens with two attached hydrogens (primary N) is 1. The first-order chi connectivity index (χ1) is 8.66. The minimum atomic E-state index is 0.833. The molecular weight excluding hydrogens is 226 g/mol. The number of ether oxygens (including phenoxy) is 1. The lowest BCUT2D eigenvalue weighted by Gasteiger charge is -2.26. The number of hydrogen-bond donors (Lipinski definition) is 2. The van der Waals surface area contributed by atoms with E-state index in [0.717, 1.165) is 50.8 Å². The largest absolute Gasteiger partial charge is 0.397 e. The first kappa shape index (κ1) is 13.2. The van der Waals surface area contributed by atoms with Gasteiger partial charge in [0, 0.05) is 26.2 Å². The van der Waals surface area contributed by atoms with Crippen molar-refractivity contribution in [1.82, 2.24) is 4.90 Å². The summed E-state index contributed by atoms with van der Waals surface area (Å²) in [5, 5.41) is 3.42. The van der Waals surface area contributed by atoms with Gasteiger partial charge in [-0.05, 0) is 37.1 Å². The maximum atomic E-state index is 6.01. The van der Waals surface area contributed by atoms with Crippen molar-refractivity contribution in [3.8, 4) is 0 Å². The van der Waals surface area contributed by atoms with Crippen LogP contribution in [-0.2, 0) is 4.74 Å². The van der Waals surface area contributed by atoms with Crippen molar-refractivity contribution >= 4 is 11.4 Å². The summed E-state index contributed by atoms with van der Waals surface area (Å²) in [6.07, 6.45) is 0. The molecule has 0 unspecified atom stereocenters. The van der Waals surface area contributed by atoms with Crippen molar-refractivity contribution in [1.29, 1.82) is 0 Å². The molecule has 0 radical (unpaired) electrons. The Morgan fingerprint density at radius 3 is 2.61 bits per heavy atom. The highest BCUT2D eigenvalue weighted by molar-refractivity contribution is 5.68. The molecule has 1 aromatic carbocycles. The molecule has 18 heavy (non-hydrogen) atoms. The number of anilines is 2. The Morgan fingerprint density at radius 1 is 1.22 bits per heavy atom. The van der Waals surface area contributed by atoms with Crippen LogP contribution in [-0.4, -0.2) is 44.3 Å². The van der Waals surface area contributed by atoms with Crippen LogP contribution in [0.5, 0.6) is 0 Å². The summed E-state index contributed by atoms with van der Waals surface area (Å²) in [7, 11) is 0. The Hall–Kier alpha value is -1.26. The predicted octanol–water partition coefficient (Wildman–Crippen LogP) is 1.63. The number of nitrogens with one attached hydrogen (secondary N) is 1. The van der Waals surface area contributed by atoms with Crippen LogP contribution in [0.15, 0.2) is 12.1 Å². The molecule has 0 aromatic heterocycles. The van der Waals surface area contributed by atoms with Crippen LogP contribution in [0.3, 0.4) is 0 Å². The third-order valence-corrected chi connectivity index (χ3v) is 3.51. The molecule has 0 saturated carbocycles. The van der Waals surface area contributed by atoms with E-state index in [1.807, 2.05) is 6.07 Å². The molecule has 0 amide bonds. The maximum absolute atomic E-state index is 6.01. The zero-order chi connectivity index (χ0) is 13.0. The van der Waals surface area contributed by atoms with Crippen LogP contribution >= 0.6 is 0 Å². The van der Waals surface area contributed by atoms with Crippen LogP contribution < -0.4 is 11.1 Å². The van der Waals surface area contributed by atoms with Crippen molar-refractivity contribution in [3.63, 3.8) is 0 Å². The van der Waals surface area contributed by atoms with Crippen LogP contribution in [0.25, 0.3) is 0 Å². The Kier molecular flexibility index (Phi) is 4.44. The lowest BCUT2D eigenvalue weighted by molar-refractivity contribution is 0.0398. The highest BCUT2D eigenvalue weighted by Crippen LogP contribution is 2.22. The summed E-state index contributed by atoms with van der Waals surface area (Å²) < 4.78 is 5.33. The molecule has 1 aliphatic heterocycles. The molecule has 0 bridgehead atoms. The van der Waals surface area contributed by atoms with Gasteiger partial charge >= 0.3 is 0 Å². The van der Waals surface area contributed by atoms with Gasteiger partial charge in [0.1, 0.15) is 0 Å². The van der Waals surface area contributed by atoms with Crippen molar-refractivity contribution in [2.24, 2.45) is 0 Å². The fourth-order valence-corrected chi connectivity index (χ4v) is 2.17. The van der Waals surface area contributed by atoms with Gasteiger partial charge in [-0.15, -0.1) is 0 Å². The second kappa shape index (κ2) is 6.07. The Labute approximate surface area is 109 Å². The average Bonchev–Trinajstić information content (AvgIpc) is 2.37. The Balaban J connectivity index is 1.84. The van der Waals surface area contributed by atoms with E-state index < -0.39 is 0 Å². The average molecular weight is 249 g/mol. The number of aryl methyl sites for hydroxylation is 2. The fraction of sp³-hybridized carbons (Fsp3) is 0.571. The topological polar surface area (TPSA) is 50.5 Å². The number of nitrogens with zero attached hydrogens (tertiary/aromatic N) is 1. The minimum Gasteiger partial charge on any atom is -0.397 e. The van der Waals surface area contributed by atoms with Gasteiger partial charge in [0.05, 0.1) is 24.6 Å². The van der Waals surface area contributed by atoms with Gasteiger partial charge in [0.15, 0.2) is 0 Å². The molecule has 1 fully saturated rings. The summed E-state index contributed by atoms with van der Waals surface area (Å²) >= 11 is 0. The second-order valence-corrected chi connectivity index (χ2v) is 4.90. The van der Waals surface area contributed by atoms with E-state index in [1.54, 1.807) is 0 Å². The van der Waals surface area contributed by atoms with Crippen molar-refractivity contribution in [2.45, 2.75) is 13.8 Å².